The zero-order valence-corrected chi connectivity index (χ0v) is 14.4. The van der Waals surface area contributed by atoms with Crippen molar-refractivity contribution in [3.63, 3.8) is 0 Å². The number of hydrogen-bond acceptors (Lipinski definition) is 4. The molecule has 25 heavy (non-hydrogen) atoms. The van der Waals surface area contributed by atoms with Crippen molar-refractivity contribution in [2.75, 3.05) is 31.2 Å². The van der Waals surface area contributed by atoms with E-state index in [2.05, 4.69) is 65.3 Å². The van der Waals surface area contributed by atoms with Crippen molar-refractivity contribution >= 4 is 11.9 Å². The lowest BCUT2D eigenvalue weighted by atomic mass is 9.86. The number of benzene rings is 2. The van der Waals surface area contributed by atoms with Crippen LogP contribution in [0.3, 0.4) is 0 Å². The van der Waals surface area contributed by atoms with Gasteiger partial charge >= 0.3 is 0 Å². The predicted molar refractivity (Wildman–Crippen MR) is 100 cm³/mol. The fourth-order valence-electron chi connectivity index (χ4n) is 3.42. The molecule has 4 heteroatoms. The molecule has 2 heterocycles. The van der Waals surface area contributed by atoms with Crippen LogP contribution in [0.1, 0.15) is 16.7 Å². The molecule has 1 fully saturated rings. The minimum atomic E-state index is -0.676. The monoisotopic (exact) mass is 334 g/mol. The minimum absolute atomic E-state index is 0.676. The third kappa shape index (κ3) is 3.05. The van der Waals surface area contributed by atoms with Crippen molar-refractivity contribution in [3.8, 4) is 0 Å². The molecule has 0 aromatic heterocycles. The SMILES string of the molecule is Cc1cccc(C2(c3ccc(N4CCOCC4)cc3)C=NC=CO2)c1. The second-order valence-electron chi connectivity index (χ2n) is 6.43. The van der Waals surface area contributed by atoms with Gasteiger partial charge in [-0.1, -0.05) is 42.0 Å². The number of ether oxygens (including phenoxy) is 2. The molecule has 0 aliphatic carbocycles. The highest BCUT2D eigenvalue weighted by Gasteiger charge is 2.35. The lowest BCUT2D eigenvalue weighted by molar-refractivity contribution is 0.122. The van der Waals surface area contributed by atoms with Gasteiger partial charge in [-0.3, -0.25) is 4.99 Å². The van der Waals surface area contributed by atoms with Gasteiger partial charge in [0.1, 0.15) is 6.26 Å². The van der Waals surface area contributed by atoms with Crippen LogP contribution in [0.15, 0.2) is 66.0 Å². The van der Waals surface area contributed by atoms with E-state index in [0.717, 1.165) is 37.4 Å². The van der Waals surface area contributed by atoms with Gasteiger partial charge in [-0.15, -0.1) is 0 Å². The predicted octanol–water partition coefficient (Wildman–Crippen LogP) is 3.65. The van der Waals surface area contributed by atoms with Crippen molar-refractivity contribution in [1.29, 1.82) is 0 Å². The highest BCUT2D eigenvalue weighted by Crippen LogP contribution is 2.35. The summed E-state index contributed by atoms with van der Waals surface area (Å²) in [5.74, 6) is 0. The molecule has 2 aliphatic heterocycles. The molecule has 1 atom stereocenters. The van der Waals surface area contributed by atoms with Crippen LogP contribution in [0.5, 0.6) is 0 Å². The van der Waals surface area contributed by atoms with Gasteiger partial charge in [0.25, 0.3) is 0 Å². The fourth-order valence-corrected chi connectivity index (χ4v) is 3.42. The first kappa shape index (κ1) is 15.9. The summed E-state index contributed by atoms with van der Waals surface area (Å²) < 4.78 is 11.6. The van der Waals surface area contributed by atoms with Gasteiger partial charge in [0.15, 0.2) is 5.60 Å². The minimum Gasteiger partial charge on any atom is -0.478 e. The molecule has 2 aromatic carbocycles. The summed E-state index contributed by atoms with van der Waals surface area (Å²) in [7, 11) is 0. The average molecular weight is 334 g/mol. The third-order valence-electron chi connectivity index (χ3n) is 4.78. The number of aliphatic imine (C=N–C) groups is 1. The van der Waals surface area contributed by atoms with Gasteiger partial charge in [0, 0.05) is 29.9 Å². The Kier molecular flexibility index (Phi) is 4.28. The molecule has 4 nitrogen and oxygen atoms in total. The van der Waals surface area contributed by atoms with Crippen LogP contribution < -0.4 is 4.90 Å². The van der Waals surface area contributed by atoms with E-state index in [1.165, 1.54) is 11.3 Å². The molecule has 0 N–H and O–H groups in total. The quantitative estimate of drug-likeness (QED) is 0.859. The summed E-state index contributed by atoms with van der Waals surface area (Å²) in [4.78, 5) is 6.72. The Morgan fingerprint density at radius 2 is 1.80 bits per heavy atom. The average Bonchev–Trinajstić information content (AvgIpc) is 2.69. The summed E-state index contributed by atoms with van der Waals surface area (Å²) in [5.41, 5.74) is 3.90. The van der Waals surface area contributed by atoms with Gasteiger partial charge in [-0.05, 0) is 19.1 Å². The van der Waals surface area contributed by atoms with Crippen LogP contribution in [-0.4, -0.2) is 32.5 Å². The molecule has 128 valence electrons. The van der Waals surface area contributed by atoms with E-state index < -0.39 is 5.60 Å². The lowest BCUT2D eigenvalue weighted by Crippen LogP contribution is -2.36. The molecule has 0 spiro atoms. The Hall–Kier alpha value is -2.59. The molecule has 1 unspecified atom stereocenters. The van der Waals surface area contributed by atoms with Crippen LogP contribution in [0.2, 0.25) is 0 Å². The van der Waals surface area contributed by atoms with Gasteiger partial charge in [0.05, 0.1) is 25.6 Å². The molecule has 2 aliphatic rings. The first-order valence-electron chi connectivity index (χ1n) is 8.65. The van der Waals surface area contributed by atoms with E-state index in [0.29, 0.717) is 0 Å². The van der Waals surface area contributed by atoms with Crippen LogP contribution in [0.25, 0.3) is 0 Å². The first-order chi connectivity index (χ1) is 12.3. The Morgan fingerprint density at radius 3 is 2.48 bits per heavy atom. The van der Waals surface area contributed by atoms with Gasteiger partial charge < -0.3 is 14.4 Å². The normalized spacial score (nSPS) is 22.7. The van der Waals surface area contributed by atoms with E-state index in [1.807, 2.05) is 6.21 Å². The Morgan fingerprint density at radius 1 is 1.00 bits per heavy atom. The topological polar surface area (TPSA) is 34.1 Å². The van der Waals surface area contributed by atoms with E-state index in [-0.39, 0.29) is 0 Å². The number of aryl methyl sites for hydroxylation is 1. The van der Waals surface area contributed by atoms with Gasteiger partial charge in [-0.25, -0.2) is 0 Å². The van der Waals surface area contributed by atoms with Crippen molar-refractivity contribution in [2.24, 2.45) is 4.99 Å². The van der Waals surface area contributed by atoms with Crippen molar-refractivity contribution in [3.05, 3.63) is 77.7 Å². The maximum atomic E-state index is 6.11. The molecule has 0 saturated carbocycles. The molecular formula is C21H22N2O2. The fraction of sp³-hybridized carbons (Fsp3) is 0.286. The molecule has 2 aromatic rings. The maximum Gasteiger partial charge on any atom is 0.193 e. The number of anilines is 1. The van der Waals surface area contributed by atoms with E-state index >= 15 is 0 Å². The summed E-state index contributed by atoms with van der Waals surface area (Å²) in [6, 6.07) is 17.0. The number of rotatable bonds is 3. The Bertz CT molecular complexity index is 792. The van der Waals surface area contributed by atoms with Crippen LogP contribution in [-0.2, 0) is 15.1 Å². The zero-order valence-electron chi connectivity index (χ0n) is 14.4. The third-order valence-corrected chi connectivity index (χ3v) is 4.78. The van der Waals surface area contributed by atoms with E-state index in [4.69, 9.17) is 9.47 Å². The van der Waals surface area contributed by atoms with E-state index in [9.17, 15) is 0 Å². The lowest BCUT2D eigenvalue weighted by Gasteiger charge is -2.33. The summed E-state index contributed by atoms with van der Waals surface area (Å²) >= 11 is 0. The second-order valence-corrected chi connectivity index (χ2v) is 6.43. The smallest absolute Gasteiger partial charge is 0.193 e. The Balaban J connectivity index is 1.71. The molecule has 0 bridgehead atoms. The zero-order chi connectivity index (χ0) is 17.1. The Labute approximate surface area is 148 Å². The summed E-state index contributed by atoms with van der Waals surface area (Å²) in [6.07, 6.45) is 5.22. The molecule has 0 amide bonds. The maximum absolute atomic E-state index is 6.11. The highest BCUT2D eigenvalue weighted by molar-refractivity contribution is 5.78. The number of hydrogen-bond donors (Lipinski definition) is 0. The van der Waals surface area contributed by atoms with Crippen LogP contribution in [0.4, 0.5) is 5.69 Å². The largest absolute Gasteiger partial charge is 0.478 e. The van der Waals surface area contributed by atoms with E-state index in [1.54, 1.807) is 12.5 Å². The summed E-state index contributed by atoms with van der Waals surface area (Å²) in [6.45, 7) is 5.53. The number of nitrogens with zero attached hydrogens (tertiary/aromatic N) is 2. The van der Waals surface area contributed by atoms with Crippen LogP contribution >= 0.6 is 0 Å². The van der Waals surface area contributed by atoms with Gasteiger partial charge in [0.2, 0.25) is 0 Å². The highest BCUT2D eigenvalue weighted by atomic mass is 16.5. The van der Waals surface area contributed by atoms with Crippen molar-refractivity contribution in [1.82, 2.24) is 0 Å². The second kappa shape index (κ2) is 6.73. The van der Waals surface area contributed by atoms with Crippen molar-refractivity contribution in [2.45, 2.75) is 12.5 Å². The first-order valence-corrected chi connectivity index (χ1v) is 8.65. The molecule has 4 rings (SSSR count). The molecule has 1 saturated heterocycles. The van der Waals surface area contributed by atoms with Crippen LogP contribution in [0, 0.1) is 6.92 Å². The van der Waals surface area contributed by atoms with Gasteiger partial charge in [-0.2, -0.15) is 0 Å². The van der Waals surface area contributed by atoms with Crippen molar-refractivity contribution < 1.29 is 9.47 Å². The number of morpholine rings is 1. The molecular weight excluding hydrogens is 312 g/mol. The summed E-state index contributed by atoms with van der Waals surface area (Å²) in [5, 5.41) is 0. The standard InChI is InChI=1S/C21H22N2O2/c1-17-3-2-4-19(15-17)21(16-22-9-12-25-21)18-5-7-20(8-6-18)23-10-13-24-14-11-23/h2-9,12,15-16H,10-11,13-14H2,1H3. The molecule has 0 radical (unpaired) electrons.